The molecular weight excluding hydrogens is 226 g/mol. The van der Waals surface area contributed by atoms with Crippen LogP contribution < -0.4 is 4.74 Å². The molecule has 0 radical (unpaired) electrons. The molecule has 2 rings (SSSR count). The van der Waals surface area contributed by atoms with E-state index < -0.39 is 0 Å². The average Bonchev–Trinajstić information content (AvgIpc) is 2.34. The minimum absolute atomic E-state index is 0.711. The molecule has 0 atom stereocenters. The summed E-state index contributed by atoms with van der Waals surface area (Å²) in [4.78, 5) is 13.1. The van der Waals surface area contributed by atoms with E-state index >= 15 is 0 Å². The van der Waals surface area contributed by atoms with Gasteiger partial charge in [-0.3, -0.25) is 4.79 Å². The molecule has 0 amide bonds. The molecule has 0 heterocycles. The number of methoxy groups -OCH3 is 1. The largest absolute Gasteiger partial charge is 0.496 e. The van der Waals surface area contributed by atoms with Crippen molar-refractivity contribution in [1.82, 2.24) is 4.90 Å². The molecule has 98 valence electrons. The Morgan fingerprint density at radius 3 is 2.78 bits per heavy atom. The van der Waals surface area contributed by atoms with Gasteiger partial charge in [0.15, 0.2) is 0 Å². The minimum Gasteiger partial charge on any atom is -0.496 e. The van der Waals surface area contributed by atoms with Crippen molar-refractivity contribution in [2.45, 2.75) is 25.8 Å². The summed E-state index contributed by atoms with van der Waals surface area (Å²) in [6.45, 7) is 1.97. The van der Waals surface area contributed by atoms with Gasteiger partial charge in [-0.25, -0.2) is 0 Å². The Morgan fingerprint density at radius 1 is 1.44 bits per heavy atom. The van der Waals surface area contributed by atoms with Gasteiger partial charge in [0.25, 0.3) is 0 Å². The van der Waals surface area contributed by atoms with Gasteiger partial charge in [0.05, 0.1) is 7.11 Å². The number of rotatable bonds is 6. The first kappa shape index (κ1) is 13.1. The predicted molar refractivity (Wildman–Crippen MR) is 72.1 cm³/mol. The van der Waals surface area contributed by atoms with Crippen molar-refractivity contribution in [3.8, 4) is 5.75 Å². The monoisotopic (exact) mass is 247 g/mol. The number of nitrogens with zero attached hydrogens (tertiary/aromatic N) is 1. The molecule has 1 fully saturated rings. The smallest absolute Gasteiger partial charge is 0.150 e. The maximum atomic E-state index is 10.8. The Kier molecular flexibility index (Phi) is 4.37. The number of hydrogen-bond acceptors (Lipinski definition) is 3. The van der Waals surface area contributed by atoms with E-state index in [9.17, 15) is 4.79 Å². The standard InChI is InChI=1S/C15H21NO2/c1-16(9-12-4-3-5-12)10-14-8-13(11-17)6-7-15(14)18-2/h6-8,11-12H,3-5,9-10H2,1-2H3. The van der Waals surface area contributed by atoms with Gasteiger partial charge < -0.3 is 9.64 Å². The van der Waals surface area contributed by atoms with Gasteiger partial charge >= 0.3 is 0 Å². The molecular formula is C15H21NO2. The first-order valence-electron chi connectivity index (χ1n) is 6.53. The SMILES string of the molecule is COc1ccc(C=O)cc1CN(C)CC1CCC1. The lowest BCUT2D eigenvalue weighted by Crippen LogP contribution is -2.29. The molecule has 0 saturated heterocycles. The van der Waals surface area contributed by atoms with E-state index in [0.29, 0.717) is 5.56 Å². The summed E-state index contributed by atoms with van der Waals surface area (Å²) in [6, 6.07) is 5.58. The molecule has 0 bridgehead atoms. The van der Waals surface area contributed by atoms with Crippen LogP contribution in [0.3, 0.4) is 0 Å². The number of hydrogen-bond donors (Lipinski definition) is 0. The van der Waals surface area contributed by atoms with Gasteiger partial charge in [0.2, 0.25) is 0 Å². The molecule has 1 aliphatic rings. The molecule has 0 N–H and O–H groups in total. The van der Waals surface area contributed by atoms with Crippen LogP contribution in [0.15, 0.2) is 18.2 Å². The van der Waals surface area contributed by atoms with E-state index in [-0.39, 0.29) is 0 Å². The summed E-state index contributed by atoms with van der Waals surface area (Å²) < 4.78 is 5.35. The highest BCUT2D eigenvalue weighted by atomic mass is 16.5. The highest BCUT2D eigenvalue weighted by Gasteiger charge is 2.19. The highest BCUT2D eigenvalue weighted by molar-refractivity contribution is 5.75. The number of benzene rings is 1. The van der Waals surface area contributed by atoms with Crippen LogP contribution >= 0.6 is 0 Å². The quantitative estimate of drug-likeness (QED) is 0.724. The molecule has 3 nitrogen and oxygen atoms in total. The van der Waals surface area contributed by atoms with Crippen LogP contribution in [0.4, 0.5) is 0 Å². The van der Waals surface area contributed by atoms with Gasteiger partial charge in [0, 0.05) is 24.2 Å². The lowest BCUT2D eigenvalue weighted by Gasteiger charge is -2.30. The second-order valence-corrected chi connectivity index (χ2v) is 5.18. The second-order valence-electron chi connectivity index (χ2n) is 5.18. The number of aldehydes is 1. The van der Waals surface area contributed by atoms with E-state index in [1.54, 1.807) is 13.2 Å². The molecule has 1 aliphatic carbocycles. The van der Waals surface area contributed by atoms with Crippen LogP contribution in [0.25, 0.3) is 0 Å². The molecule has 0 spiro atoms. The Morgan fingerprint density at radius 2 is 2.22 bits per heavy atom. The van der Waals surface area contributed by atoms with Crippen molar-refractivity contribution in [3.05, 3.63) is 29.3 Å². The molecule has 18 heavy (non-hydrogen) atoms. The fraction of sp³-hybridized carbons (Fsp3) is 0.533. The van der Waals surface area contributed by atoms with Crippen LogP contribution in [-0.4, -0.2) is 31.9 Å². The first-order chi connectivity index (χ1) is 8.72. The van der Waals surface area contributed by atoms with Crippen molar-refractivity contribution < 1.29 is 9.53 Å². The lowest BCUT2D eigenvalue weighted by molar-refractivity contribution is 0.112. The van der Waals surface area contributed by atoms with Crippen LogP contribution in [-0.2, 0) is 6.54 Å². The lowest BCUT2D eigenvalue weighted by atomic mass is 9.85. The van der Waals surface area contributed by atoms with Crippen LogP contribution in [0, 0.1) is 5.92 Å². The van der Waals surface area contributed by atoms with Gasteiger partial charge in [0.1, 0.15) is 12.0 Å². The van der Waals surface area contributed by atoms with Crippen molar-refractivity contribution >= 4 is 6.29 Å². The summed E-state index contributed by atoms with van der Waals surface area (Å²) in [5.41, 5.74) is 1.80. The highest BCUT2D eigenvalue weighted by Crippen LogP contribution is 2.28. The van der Waals surface area contributed by atoms with Crippen molar-refractivity contribution in [2.75, 3.05) is 20.7 Å². The summed E-state index contributed by atoms with van der Waals surface area (Å²) >= 11 is 0. The van der Waals surface area contributed by atoms with Crippen molar-refractivity contribution in [3.63, 3.8) is 0 Å². The van der Waals surface area contributed by atoms with Crippen LogP contribution in [0.1, 0.15) is 35.2 Å². The van der Waals surface area contributed by atoms with E-state index in [1.165, 1.54) is 19.3 Å². The van der Waals surface area contributed by atoms with E-state index in [4.69, 9.17) is 4.74 Å². The maximum Gasteiger partial charge on any atom is 0.150 e. The summed E-state index contributed by atoms with van der Waals surface area (Å²) in [7, 11) is 3.80. The fourth-order valence-corrected chi connectivity index (χ4v) is 2.47. The number of carbonyl (C=O) groups excluding carboxylic acids is 1. The van der Waals surface area contributed by atoms with Gasteiger partial charge in [-0.2, -0.15) is 0 Å². The third kappa shape index (κ3) is 3.10. The molecule has 0 aliphatic heterocycles. The van der Waals surface area contributed by atoms with Crippen LogP contribution in [0.2, 0.25) is 0 Å². The first-order valence-corrected chi connectivity index (χ1v) is 6.53. The molecule has 1 aromatic carbocycles. The van der Waals surface area contributed by atoms with Gasteiger partial charge in [-0.15, -0.1) is 0 Å². The normalized spacial score (nSPS) is 15.5. The summed E-state index contributed by atoms with van der Waals surface area (Å²) in [5, 5.41) is 0. The Hall–Kier alpha value is -1.35. The fourth-order valence-electron chi connectivity index (χ4n) is 2.47. The van der Waals surface area contributed by atoms with Crippen LogP contribution in [0.5, 0.6) is 5.75 Å². The molecule has 3 heteroatoms. The van der Waals surface area contributed by atoms with E-state index in [0.717, 1.165) is 36.6 Å². The zero-order valence-electron chi connectivity index (χ0n) is 11.2. The zero-order chi connectivity index (χ0) is 13.0. The second kappa shape index (κ2) is 6.01. The van der Waals surface area contributed by atoms with Crippen molar-refractivity contribution in [1.29, 1.82) is 0 Å². The average molecular weight is 247 g/mol. The Balaban J connectivity index is 2.03. The third-order valence-corrected chi connectivity index (χ3v) is 3.68. The predicted octanol–water partition coefficient (Wildman–Crippen LogP) is 2.74. The summed E-state index contributed by atoms with van der Waals surface area (Å²) in [6.07, 6.45) is 4.98. The van der Waals surface area contributed by atoms with E-state index in [2.05, 4.69) is 11.9 Å². The molecule has 1 aromatic rings. The zero-order valence-corrected chi connectivity index (χ0v) is 11.2. The van der Waals surface area contributed by atoms with Gasteiger partial charge in [-0.05, 0) is 44.0 Å². The summed E-state index contributed by atoms with van der Waals surface area (Å²) in [5.74, 6) is 1.72. The van der Waals surface area contributed by atoms with Crippen molar-refractivity contribution in [2.24, 2.45) is 5.92 Å². The topological polar surface area (TPSA) is 29.5 Å². The maximum absolute atomic E-state index is 10.8. The Labute approximate surface area is 109 Å². The number of carbonyl (C=O) groups is 1. The molecule has 1 saturated carbocycles. The Bertz CT molecular complexity index is 413. The van der Waals surface area contributed by atoms with E-state index in [1.807, 2.05) is 12.1 Å². The third-order valence-electron chi connectivity index (χ3n) is 3.68. The van der Waals surface area contributed by atoms with Gasteiger partial charge in [-0.1, -0.05) is 6.42 Å². The molecule has 0 aromatic heterocycles. The minimum atomic E-state index is 0.711. The number of ether oxygens (including phenoxy) is 1. The molecule has 0 unspecified atom stereocenters.